The van der Waals surface area contributed by atoms with Crippen molar-refractivity contribution in [1.29, 1.82) is 0 Å². The zero-order valence-electron chi connectivity index (χ0n) is 22.3. The number of carbonyl (C=O) groups excluding carboxylic acids is 3. The minimum absolute atomic E-state index is 0.0397. The van der Waals surface area contributed by atoms with E-state index >= 15 is 0 Å². The van der Waals surface area contributed by atoms with Crippen molar-refractivity contribution in [3.8, 4) is 5.75 Å². The van der Waals surface area contributed by atoms with Crippen LogP contribution in [0.5, 0.6) is 5.75 Å². The van der Waals surface area contributed by atoms with Crippen molar-refractivity contribution in [1.82, 2.24) is 25.1 Å². The molecule has 11 heteroatoms. The summed E-state index contributed by atoms with van der Waals surface area (Å²) < 4.78 is 20.7. The largest absolute Gasteiger partial charge is 0.481 e. The smallest absolute Gasteiger partial charge is 0.311 e. The highest BCUT2D eigenvalue weighted by Gasteiger charge is 2.50. The molecule has 208 valence electrons. The first kappa shape index (κ1) is 27.0. The molecule has 2 unspecified atom stereocenters. The fourth-order valence-corrected chi connectivity index (χ4v) is 5.36. The Hall–Kier alpha value is -4.54. The summed E-state index contributed by atoms with van der Waals surface area (Å²) in [4.78, 5) is 58.3. The van der Waals surface area contributed by atoms with Gasteiger partial charge in [-0.1, -0.05) is 42.5 Å². The van der Waals surface area contributed by atoms with Gasteiger partial charge in [0.1, 0.15) is 18.2 Å². The first-order chi connectivity index (χ1) is 19.2. The maximum absolute atomic E-state index is 13.8. The van der Waals surface area contributed by atoms with Crippen molar-refractivity contribution in [2.45, 2.75) is 44.5 Å². The van der Waals surface area contributed by atoms with Crippen molar-refractivity contribution in [2.75, 3.05) is 14.1 Å². The first-order valence-corrected chi connectivity index (χ1v) is 13.1. The third-order valence-corrected chi connectivity index (χ3v) is 7.37. The summed E-state index contributed by atoms with van der Waals surface area (Å²) in [6.45, 7) is 0.468. The molecule has 2 aliphatic rings. The normalized spacial score (nSPS) is 18.9. The van der Waals surface area contributed by atoms with Gasteiger partial charge in [-0.05, 0) is 48.4 Å². The molecule has 0 saturated heterocycles. The van der Waals surface area contributed by atoms with Crippen LogP contribution >= 0.6 is 0 Å². The van der Waals surface area contributed by atoms with Crippen LogP contribution < -0.4 is 20.9 Å². The van der Waals surface area contributed by atoms with Crippen LogP contribution in [0.2, 0.25) is 0 Å². The number of likely N-dealkylation sites (N-methyl/N-ethyl adjacent to an activating group) is 1. The number of carbonyl (C=O) groups is 3. The maximum atomic E-state index is 13.8. The molecule has 2 atom stereocenters. The Labute approximate surface area is 230 Å². The molecular weight excluding hydrogens is 517 g/mol. The molecule has 1 aliphatic carbocycles. The van der Waals surface area contributed by atoms with Crippen molar-refractivity contribution in [3.05, 3.63) is 93.4 Å². The Bertz CT molecular complexity index is 1510. The van der Waals surface area contributed by atoms with E-state index in [-0.39, 0.29) is 36.3 Å². The number of amides is 3. The Kier molecular flexibility index (Phi) is 7.38. The van der Waals surface area contributed by atoms with Gasteiger partial charge in [0.15, 0.2) is 5.69 Å². The van der Waals surface area contributed by atoms with E-state index in [2.05, 4.69) is 15.6 Å². The van der Waals surface area contributed by atoms with Crippen LogP contribution in [-0.2, 0) is 34.8 Å². The molecule has 10 nitrogen and oxygen atoms in total. The van der Waals surface area contributed by atoms with Crippen LogP contribution in [-0.4, -0.2) is 46.3 Å². The number of hydrogen-bond donors (Lipinski definition) is 2. The molecule has 3 amide bonds. The number of benzene rings is 2. The molecule has 1 saturated carbocycles. The van der Waals surface area contributed by atoms with Crippen molar-refractivity contribution in [3.63, 3.8) is 0 Å². The SMILES string of the molecule is CN(C)C(=O)C(=O)NC12CCC(Cn3c1nc(C(=O)NCc1ccc(F)cc1)c(OCc1ccccc1)c3=O)C2. The minimum atomic E-state index is -1.07. The molecule has 2 bridgehead atoms. The van der Waals surface area contributed by atoms with Crippen LogP contribution in [0.1, 0.15) is 46.7 Å². The number of aromatic nitrogens is 2. The lowest BCUT2D eigenvalue weighted by molar-refractivity contribution is -0.145. The molecule has 2 aromatic carbocycles. The van der Waals surface area contributed by atoms with E-state index in [1.54, 1.807) is 12.1 Å². The number of rotatable bonds is 7. The van der Waals surface area contributed by atoms with Crippen molar-refractivity contribution in [2.24, 2.45) is 5.92 Å². The summed E-state index contributed by atoms with van der Waals surface area (Å²) in [5.74, 6) is -2.47. The second-order valence-corrected chi connectivity index (χ2v) is 10.5. The molecular formula is C29H30FN5O5. The number of fused-ring (bicyclic) bond motifs is 4. The molecule has 1 fully saturated rings. The molecule has 3 aromatic rings. The predicted octanol–water partition coefficient (Wildman–Crippen LogP) is 2.10. The van der Waals surface area contributed by atoms with Crippen LogP contribution in [0.4, 0.5) is 4.39 Å². The third kappa shape index (κ3) is 5.31. The lowest BCUT2D eigenvalue weighted by Crippen LogP contribution is -2.54. The Morgan fingerprint density at radius 3 is 2.52 bits per heavy atom. The van der Waals surface area contributed by atoms with E-state index in [0.717, 1.165) is 5.56 Å². The summed E-state index contributed by atoms with van der Waals surface area (Å²) in [6.07, 6.45) is 1.68. The van der Waals surface area contributed by atoms with Gasteiger partial charge in [0.05, 0.1) is 5.54 Å². The molecule has 5 rings (SSSR count). The highest BCUT2D eigenvalue weighted by molar-refractivity contribution is 6.35. The van der Waals surface area contributed by atoms with E-state index in [1.807, 2.05) is 30.3 Å². The zero-order chi connectivity index (χ0) is 28.4. The molecule has 1 aromatic heterocycles. The summed E-state index contributed by atoms with van der Waals surface area (Å²) in [5.41, 5.74) is -0.368. The van der Waals surface area contributed by atoms with Crippen LogP contribution in [0.25, 0.3) is 0 Å². The third-order valence-electron chi connectivity index (χ3n) is 7.37. The van der Waals surface area contributed by atoms with Crippen molar-refractivity contribution < 1.29 is 23.5 Å². The van der Waals surface area contributed by atoms with Gasteiger partial charge in [-0.25, -0.2) is 9.37 Å². The molecule has 0 radical (unpaired) electrons. The molecule has 40 heavy (non-hydrogen) atoms. The van der Waals surface area contributed by atoms with E-state index in [1.165, 1.54) is 35.7 Å². The monoisotopic (exact) mass is 547 g/mol. The maximum Gasteiger partial charge on any atom is 0.311 e. The standard InChI is InChI=1S/C29H30FN5O5/c1-34(2)27(39)25(37)33-29-13-12-20(14-29)16-35-26(38)23(40-17-19-6-4-3-5-7-19)22(32-28(29)35)24(36)31-15-18-8-10-21(30)11-9-18/h3-11,20H,12-17H2,1-2H3,(H,31,36)(H,33,37). The van der Waals surface area contributed by atoms with E-state index in [0.29, 0.717) is 31.4 Å². The summed E-state index contributed by atoms with van der Waals surface area (Å²) >= 11 is 0. The molecule has 2 N–H and O–H groups in total. The molecule has 2 heterocycles. The average Bonchev–Trinajstić information content (AvgIpc) is 3.29. The Balaban J connectivity index is 1.53. The number of nitrogens with one attached hydrogen (secondary N) is 2. The van der Waals surface area contributed by atoms with Gasteiger partial charge in [0.2, 0.25) is 5.75 Å². The van der Waals surface area contributed by atoms with Gasteiger partial charge in [-0.15, -0.1) is 0 Å². The second-order valence-electron chi connectivity index (χ2n) is 10.5. The zero-order valence-corrected chi connectivity index (χ0v) is 22.3. The summed E-state index contributed by atoms with van der Waals surface area (Å²) in [5, 5.41) is 5.57. The highest BCUT2D eigenvalue weighted by atomic mass is 19.1. The minimum Gasteiger partial charge on any atom is -0.481 e. The highest BCUT2D eigenvalue weighted by Crippen LogP contribution is 2.46. The average molecular weight is 548 g/mol. The molecule has 0 spiro atoms. The van der Waals surface area contributed by atoms with Gasteiger partial charge >= 0.3 is 11.8 Å². The van der Waals surface area contributed by atoms with Crippen molar-refractivity contribution >= 4 is 17.7 Å². The lowest BCUT2D eigenvalue weighted by Gasteiger charge is -2.36. The van der Waals surface area contributed by atoms with E-state index in [4.69, 9.17) is 4.74 Å². The fraction of sp³-hybridized carbons (Fsp3) is 0.345. The topological polar surface area (TPSA) is 123 Å². The van der Waals surface area contributed by atoms with Crippen LogP contribution in [0, 0.1) is 11.7 Å². The van der Waals surface area contributed by atoms with Crippen LogP contribution in [0.15, 0.2) is 59.4 Å². The molecule has 1 aliphatic heterocycles. The van der Waals surface area contributed by atoms with Gasteiger partial charge in [-0.3, -0.25) is 23.7 Å². The predicted molar refractivity (Wildman–Crippen MR) is 143 cm³/mol. The summed E-state index contributed by atoms with van der Waals surface area (Å²) in [7, 11) is 2.96. The van der Waals surface area contributed by atoms with Gasteiger partial charge in [0.25, 0.3) is 11.5 Å². The van der Waals surface area contributed by atoms with E-state index < -0.39 is 34.6 Å². The number of halogens is 1. The lowest BCUT2D eigenvalue weighted by atomic mass is 9.90. The number of hydrogen-bond acceptors (Lipinski definition) is 6. The summed E-state index contributed by atoms with van der Waals surface area (Å²) in [6, 6.07) is 14.9. The quantitative estimate of drug-likeness (QED) is 0.437. The second kappa shape index (κ2) is 10.9. The number of nitrogens with zero attached hydrogens (tertiary/aromatic N) is 3. The first-order valence-electron chi connectivity index (χ1n) is 13.1. The van der Waals surface area contributed by atoms with Gasteiger partial charge in [-0.2, -0.15) is 0 Å². The van der Waals surface area contributed by atoms with E-state index in [9.17, 15) is 23.6 Å². The fourth-order valence-electron chi connectivity index (χ4n) is 5.36. The Morgan fingerprint density at radius 2 is 1.82 bits per heavy atom. The van der Waals surface area contributed by atoms with Crippen LogP contribution in [0.3, 0.4) is 0 Å². The van der Waals surface area contributed by atoms with Gasteiger partial charge < -0.3 is 20.3 Å². The Morgan fingerprint density at radius 1 is 1.10 bits per heavy atom. The number of ether oxygens (including phenoxy) is 1. The van der Waals surface area contributed by atoms with Gasteiger partial charge in [0, 0.05) is 27.2 Å².